The van der Waals surface area contributed by atoms with Gasteiger partial charge < -0.3 is 0 Å². The third kappa shape index (κ3) is 4.38. The summed E-state index contributed by atoms with van der Waals surface area (Å²) in [4.78, 5) is 2.37. The predicted octanol–water partition coefficient (Wildman–Crippen LogP) is 5.11. The summed E-state index contributed by atoms with van der Waals surface area (Å²) in [5.41, 5.74) is 0.755. The first-order chi connectivity index (χ1) is 9.38. The fraction of sp³-hybridized carbons (Fsp3) is 0.562. The summed E-state index contributed by atoms with van der Waals surface area (Å²) in [5, 5.41) is 10.6. The number of halogens is 2. The van der Waals surface area contributed by atoms with E-state index in [1.807, 2.05) is 0 Å². The average molecular weight is 313 g/mol. The van der Waals surface area contributed by atoms with Crippen LogP contribution in [0.5, 0.6) is 0 Å². The molecule has 0 saturated carbocycles. The minimum absolute atomic E-state index is 0.267. The van der Waals surface area contributed by atoms with Crippen molar-refractivity contribution in [3.63, 3.8) is 0 Å². The van der Waals surface area contributed by atoms with Crippen LogP contribution in [0, 0.1) is 11.3 Å². The molecule has 0 N–H and O–H groups in total. The van der Waals surface area contributed by atoms with Crippen molar-refractivity contribution in [3.8, 4) is 6.07 Å². The van der Waals surface area contributed by atoms with Crippen LogP contribution in [-0.4, -0.2) is 23.5 Å². The number of rotatable bonds is 6. The van der Waals surface area contributed by atoms with Crippen LogP contribution in [0.3, 0.4) is 0 Å². The summed E-state index contributed by atoms with van der Waals surface area (Å²) >= 11 is 12.4. The van der Waals surface area contributed by atoms with E-state index in [2.05, 4.69) is 38.7 Å². The van der Waals surface area contributed by atoms with Gasteiger partial charge in [0.15, 0.2) is 0 Å². The summed E-state index contributed by atoms with van der Waals surface area (Å²) in [6.07, 6.45) is 0.732. The molecule has 2 nitrogen and oxygen atoms in total. The number of hydrogen-bond donors (Lipinski definition) is 0. The first-order valence-electron chi connectivity index (χ1n) is 6.97. The van der Waals surface area contributed by atoms with Gasteiger partial charge in [-0.3, -0.25) is 4.90 Å². The summed E-state index contributed by atoms with van der Waals surface area (Å²) in [6.45, 7) is 9.54. The molecule has 110 valence electrons. The maximum atomic E-state index is 9.43. The SMILES string of the molecule is CC(C)N(CC[C@H](C#N)c1c(Cl)cccc1Cl)C(C)C. The van der Waals surface area contributed by atoms with Crippen molar-refractivity contribution in [1.82, 2.24) is 4.90 Å². The highest BCUT2D eigenvalue weighted by atomic mass is 35.5. The lowest BCUT2D eigenvalue weighted by molar-refractivity contribution is 0.171. The number of benzene rings is 1. The van der Waals surface area contributed by atoms with Crippen molar-refractivity contribution in [2.75, 3.05) is 6.54 Å². The van der Waals surface area contributed by atoms with Gasteiger partial charge in [0, 0.05) is 34.2 Å². The van der Waals surface area contributed by atoms with Gasteiger partial charge in [-0.05, 0) is 46.2 Å². The lowest BCUT2D eigenvalue weighted by Gasteiger charge is -2.31. The molecule has 1 rings (SSSR count). The molecule has 0 fully saturated rings. The molecule has 0 amide bonds. The molecular formula is C16H22Cl2N2. The van der Waals surface area contributed by atoms with Gasteiger partial charge in [0.05, 0.1) is 12.0 Å². The maximum Gasteiger partial charge on any atom is 0.0754 e. The Balaban J connectivity index is 2.86. The molecule has 0 bridgehead atoms. The topological polar surface area (TPSA) is 27.0 Å². The van der Waals surface area contributed by atoms with E-state index in [0.717, 1.165) is 18.5 Å². The zero-order valence-electron chi connectivity index (χ0n) is 12.5. The van der Waals surface area contributed by atoms with Crippen LogP contribution >= 0.6 is 23.2 Å². The second-order valence-corrected chi connectivity index (χ2v) is 6.35. The van der Waals surface area contributed by atoms with E-state index < -0.39 is 0 Å². The van der Waals surface area contributed by atoms with Crippen molar-refractivity contribution < 1.29 is 0 Å². The molecule has 4 heteroatoms. The number of nitriles is 1. The normalized spacial score (nSPS) is 13.0. The van der Waals surface area contributed by atoms with Crippen molar-refractivity contribution in [3.05, 3.63) is 33.8 Å². The molecule has 0 radical (unpaired) electrons. The van der Waals surface area contributed by atoms with Gasteiger partial charge in [0.1, 0.15) is 0 Å². The van der Waals surface area contributed by atoms with Crippen LogP contribution < -0.4 is 0 Å². The van der Waals surface area contributed by atoms with E-state index in [9.17, 15) is 5.26 Å². The second-order valence-electron chi connectivity index (χ2n) is 5.53. The Bertz CT molecular complexity index is 450. The van der Waals surface area contributed by atoms with Crippen LogP contribution in [0.25, 0.3) is 0 Å². The van der Waals surface area contributed by atoms with E-state index in [-0.39, 0.29) is 5.92 Å². The Hall–Kier alpha value is -0.750. The van der Waals surface area contributed by atoms with Gasteiger partial charge in [-0.15, -0.1) is 0 Å². The average Bonchev–Trinajstić information content (AvgIpc) is 2.35. The van der Waals surface area contributed by atoms with E-state index in [1.165, 1.54) is 0 Å². The van der Waals surface area contributed by atoms with Crippen LogP contribution in [-0.2, 0) is 0 Å². The van der Waals surface area contributed by atoms with Gasteiger partial charge in [0.2, 0.25) is 0 Å². The molecule has 0 spiro atoms. The first kappa shape index (κ1) is 17.3. The Morgan fingerprint density at radius 3 is 2.00 bits per heavy atom. The van der Waals surface area contributed by atoms with Gasteiger partial charge in [0.25, 0.3) is 0 Å². The summed E-state index contributed by atoms with van der Waals surface area (Å²) in [7, 11) is 0. The van der Waals surface area contributed by atoms with Crippen LogP contribution in [0.4, 0.5) is 0 Å². The monoisotopic (exact) mass is 312 g/mol. The number of nitrogens with zero attached hydrogens (tertiary/aromatic N) is 2. The Morgan fingerprint density at radius 2 is 1.60 bits per heavy atom. The maximum absolute atomic E-state index is 9.43. The molecule has 0 heterocycles. The van der Waals surface area contributed by atoms with Crippen molar-refractivity contribution in [2.24, 2.45) is 0 Å². The highest BCUT2D eigenvalue weighted by molar-refractivity contribution is 6.36. The van der Waals surface area contributed by atoms with Gasteiger partial charge >= 0.3 is 0 Å². The highest BCUT2D eigenvalue weighted by Gasteiger charge is 2.20. The van der Waals surface area contributed by atoms with Crippen LogP contribution in [0.1, 0.15) is 45.6 Å². The van der Waals surface area contributed by atoms with Gasteiger partial charge in [-0.2, -0.15) is 5.26 Å². The molecule has 0 saturated heterocycles. The Morgan fingerprint density at radius 1 is 1.10 bits per heavy atom. The van der Waals surface area contributed by atoms with E-state index in [1.54, 1.807) is 18.2 Å². The molecular weight excluding hydrogens is 291 g/mol. The second kappa shape index (κ2) is 7.88. The van der Waals surface area contributed by atoms with E-state index in [0.29, 0.717) is 22.1 Å². The molecule has 0 aliphatic carbocycles. The largest absolute Gasteiger partial charge is 0.298 e. The Kier molecular flexibility index (Phi) is 6.82. The van der Waals surface area contributed by atoms with E-state index in [4.69, 9.17) is 23.2 Å². The fourth-order valence-corrected chi connectivity index (χ4v) is 3.17. The number of hydrogen-bond acceptors (Lipinski definition) is 2. The minimum Gasteiger partial charge on any atom is -0.298 e. The standard InChI is InChI=1S/C16H22Cl2N2/c1-11(2)20(12(3)4)9-8-13(10-19)16-14(17)6-5-7-15(16)18/h5-7,11-13H,8-9H2,1-4H3/t13-/m1/s1. The van der Waals surface area contributed by atoms with Crippen molar-refractivity contribution in [1.29, 1.82) is 5.26 Å². The van der Waals surface area contributed by atoms with Crippen molar-refractivity contribution >= 4 is 23.2 Å². The molecule has 20 heavy (non-hydrogen) atoms. The highest BCUT2D eigenvalue weighted by Crippen LogP contribution is 2.33. The quantitative estimate of drug-likeness (QED) is 0.729. The fourth-order valence-electron chi connectivity index (χ4n) is 2.51. The molecule has 1 atom stereocenters. The van der Waals surface area contributed by atoms with Crippen LogP contribution in [0.2, 0.25) is 10.0 Å². The van der Waals surface area contributed by atoms with Gasteiger partial charge in [-0.25, -0.2) is 0 Å². The predicted molar refractivity (Wildman–Crippen MR) is 86.4 cm³/mol. The smallest absolute Gasteiger partial charge is 0.0754 e. The lowest BCUT2D eigenvalue weighted by atomic mass is 9.96. The van der Waals surface area contributed by atoms with Crippen LogP contribution in [0.15, 0.2) is 18.2 Å². The summed E-state index contributed by atoms with van der Waals surface area (Å²) < 4.78 is 0. The molecule has 0 aromatic heterocycles. The third-order valence-electron chi connectivity index (χ3n) is 3.51. The zero-order valence-corrected chi connectivity index (χ0v) is 14.0. The van der Waals surface area contributed by atoms with Crippen molar-refractivity contribution in [2.45, 2.75) is 52.1 Å². The molecule has 1 aromatic carbocycles. The molecule has 0 aliphatic rings. The third-order valence-corrected chi connectivity index (χ3v) is 4.17. The first-order valence-corrected chi connectivity index (χ1v) is 7.73. The minimum atomic E-state index is -0.267. The lowest BCUT2D eigenvalue weighted by Crippen LogP contribution is -2.38. The molecule has 0 unspecified atom stereocenters. The Labute approximate surface area is 132 Å². The van der Waals surface area contributed by atoms with E-state index >= 15 is 0 Å². The zero-order chi connectivity index (χ0) is 15.3. The van der Waals surface area contributed by atoms with Gasteiger partial charge in [-0.1, -0.05) is 29.3 Å². The summed E-state index contributed by atoms with van der Waals surface area (Å²) in [6, 6.07) is 8.62. The molecule has 1 aromatic rings. The molecule has 0 aliphatic heterocycles. The summed E-state index contributed by atoms with van der Waals surface area (Å²) in [5.74, 6) is -0.267.